The Morgan fingerprint density at radius 1 is 1.00 bits per heavy atom. The maximum absolute atomic E-state index is 13.2. The van der Waals surface area contributed by atoms with Gasteiger partial charge in [-0.15, -0.1) is 0 Å². The molecule has 6 heterocycles. The number of nitrogens with one attached hydrogen (secondary N) is 1. The average molecular weight is 568 g/mol. The van der Waals surface area contributed by atoms with Crippen LogP contribution in [0.2, 0.25) is 0 Å². The summed E-state index contributed by atoms with van der Waals surface area (Å²) in [7, 11) is -3.69. The Hall–Kier alpha value is -4.51. The molecule has 4 aromatic heterocycles. The van der Waals surface area contributed by atoms with Crippen LogP contribution in [0.4, 0.5) is 5.82 Å². The van der Waals surface area contributed by atoms with Crippen molar-refractivity contribution in [1.29, 1.82) is 0 Å². The Balaban J connectivity index is 1.29. The summed E-state index contributed by atoms with van der Waals surface area (Å²) in [6, 6.07) is 17.5. The number of nitrogens with zero attached hydrogens (tertiary/aromatic N) is 5. The highest BCUT2D eigenvalue weighted by atomic mass is 32.2. The van der Waals surface area contributed by atoms with E-state index in [-0.39, 0.29) is 34.6 Å². The predicted octanol–water partition coefficient (Wildman–Crippen LogP) is 4.32. The first-order chi connectivity index (χ1) is 19.8. The molecule has 11 heteroatoms. The zero-order chi connectivity index (χ0) is 28.3. The third-order valence-corrected chi connectivity index (χ3v) is 9.57. The van der Waals surface area contributed by atoms with Crippen LogP contribution in [0.1, 0.15) is 47.8 Å². The number of hydrogen-bond acceptors (Lipinski definition) is 7. The number of nitrogen functional groups attached to an aromatic ring is 1. The van der Waals surface area contributed by atoms with Crippen LogP contribution in [0.5, 0.6) is 0 Å². The number of hydrogen-bond donors (Lipinski definition) is 2. The number of H-pyrrole nitrogens is 1. The van der Waals surface area contributed by atoms with Gasteiger partial charge in [-0.1, -0.05) is 36.4 Å². The summed E-state index contributed by atoms with van der Waals surface area (Å²) in [5, 5.41) is 6.70. The van der Waals surface area contributed by atoms with Crippen molar-refractivity contribution in [3.8, 4) is 22.4 Å². The van der Waals surface area contributed by atoms with E-state index in [9.17, 15) is 13.2 Å². The van der Waals surface area contributed by atoms with Crippen LogP contribution in [0.25, 0.3) is 28.0 Å². The minimum absolute atomic E-state index is 0.0119. The van der Waals surface area contributed by atoms with Gasteiger partial charge in [0.15, 0.2) is 9.84 Å². The van der Waals surface area contributed by atoms with Gasteiger partial charge in [0, 0.05) is 59.5 Å². The number of sulfone groups is 1. The first kappa shape index (κ1) is 25.5. The van der Waals surface area contributed by atoms with Gasteiger partial charge in [0.25, 0.3) is 5.91 Å². The zero-order valence-corrected chi connectivity index (χ0v) is 23.3. The van der Waals surface area contributed by atoms with E-state index < -0.39 is 9.84 Å². The van der Waals surface area contributed by atoms with E-state index in [1.54, 1.807) is 29.1 Å². The zero-order valence-electron chi connectivity index (χ0n) is 22.4. The number of aromatic amines is 1. The monoisotopic (exact) mass is 567 g/mol. The number of pyridine rings is 1. The Morgan fingerprint density at radius 3 is 2.39 bits per heavy atom. The van der Waals surface area contributed by atoms with Crippen LogP contribution in [0.3, 0.4) is 0 Å². The Bertz CT molecular complexity index is 1850. The molecule has 2 saturated heterocycles. The molecule has 0 aliphatic carbocycles. The van der Waals surface area contributed by atoms with Crippen LogP contribution >= 0.6 is 0 Å². The number of nitrogens with two attached hydrogens (primary N) is 1. The van der Waals surface area contributed by atoms with E-state index in [2.05, 4.69) is 15.2 Å². The minimum atomic E-state index is -3.69. The number of amides is 1. The summed E-state index contributed by atoms with van der Waals surface area (Å²) >= 11 is 0. The summed E-state index contributed by atoms with van der Waals surface area (Å²) in [4.78, 5) is 24.9. The Kier molecular flexibility index (Phi) is 5.93. The first-order valence-corrected chi connectivity index (χ1v) is 15.5. The number of carbonyl (C=O) groups excluding carboxylic acids is 1. The molecule has 3 atom stereocenters. The normalized spacial score (nSPS) is 20.5. The molecule has 2 aliphatic rings. The van der Waals surface area contributed by atoms with Gasteiger partial charge in [-0.2, -0.15) is 5.10 Å². The average Bonchev–Trinajstić information content (AvgIpc) is 3.71. The molecule has 1 unspecified atom stereocenters. The molecule has 0 spiro atoms. The highest BCUT2D eigenvalue weighted by Gasteiger charge is 2.45. The molecule has 0 saturated carbocycles. The predicted molar refractivity (Wildman–Crippen MR) is 155 cm³/mol. The van der Waals surface area contributed by atoms with Crippen LogP contribution in [-0.2, 0) is 9.84 Å². The van der Waals surface area contributed by atoms with Crippen molar-refractivity contribution in [2.45, 2.75) is 48.6 Å². The summed E-state index contributed by atoms with van der Waals surface area (Å²) in [5.41, 5.74) is 11.7. The molecule has 1 aromatic carbocycles. The fraction of sp³-hybridized carbons (Fsp3) is 0.267. The van der Waals surface area contributed by atoms with Crippen LogP contribution < -0.4 is 5.73 Å². The molecule has 208 valence electrons. The van der Waals surface area contributed by atoms with Crippen molar-refractivity contribution in [3.05, 3.63) is 84.6 Å². The van der Waals surface area contributed by atoms with E-state index in [1.807, 2.05) is 53.4 Å². The van der Waals surface area contributed by atoms with Gasteiger partial charge in [0.2, 0.25) is 0 Å². The standard InChI is InChI=1S/C30H29N7O3S/c1-41(39,40)27-26(20-15-21-8-9-22(16-20)37(21)30(38)25-11-13-33-35-25)34-29-23(12-14-36(29)28(27)31)19-7-10-24(32-17-19)18-5-3-2-4-6-18/h2-7,10-14,17,20-22H,8-9,15-16,31H2,1H3,(H,33,35)/t20?,21-,22+. The lowest BCUT2D eigenvalue weighted by atomic mass is 9.87. The highest BCUT2D eigenvalue weighted by molar-refractivity contribution is 7.91. The molecule has 10 nitrogen and oxygen atoms in total. The number of rotatable bonds is 5. The molecule has 0 radical (unpaired) electrons. The van der Waals surface area contributed by atoms with E-state index >= 15 is 0 Å². The van der Waals surface area contributed by atoms with E-state index in [1.165, 1.54) is 6.26 Å². The van der Waals surface area contributed by atoms with Gasteiger partial charge in [-0.3, -0.25) is 19.3 Å². The molecular formula is C30H29N7O3S. The van der Waals surface area contributed by atoms with Crippen molar-refractivity contribution < 1.29 is 13.2 Å². The fourth-order valence-corrected chi connectivity index (χ4v) is 7.67. The lowest BCUT2D eigenvalue weighted by molar-refractivity contribution is 0.0562. The maximum Gasteiger partial charge on any atom is 0.272 e. The van der Waals surface area contributed by atoms with Crippen molar-refractivity contribution in [3.63, 3.8) is 0 Å². The van der Waals surface area contributed by atoms with Crippen LogP contribution in [0, 0.1) is 0 Å². The molecule has 2 bridgehead atoms. The van der Waals surface area contributed by atoms with Crippen molar-refractivity contribution in [2.75, 3.05) is 12.0 Å². The van der Waals surface area contributed by atoms with Crippen molar-refractivity contribution >= 4 is 27.2 Å². The Morgan fingerprint density at radius 2 is 1.76 bits per heavy atom. The van der Waals surface area contributed by atoms with Crippen LogP contribution in [-0.4, -0.2) is 62.1 Å². The number of piperidine rings is 1. The summed E-state index contributed by atoms with van der Waals surface area (Å²) in [6.07, 6.45) is 9.27. The second-order valence-electron chi connectivity index (χ2n) is 10.9. The second kappa shape index (κ2) is 9.55. The van der Waals surface area contributed by atoms with Gasteiger partial charge in [-0.25, -0.2) is 13.4 Å². The summed E-state index contributed by atoms with van der Waals surface area (Å²) < 4.78 is 27.8. The molecule has 2 fully saturated rings. The lowest BCUT2D eigenvalue weighted by Crippen LogP contribution is -2.46. The largest absolute Gasteiger partial charge is 0.384 e. The number of aromatic nitrogens is 5. The smallest absolute Gasteiger partial charge is 0.272 e. The molecule has 7 rings (SSSR count). The number of benzene rings is 1. The number of anilines is 1. The first-order valence-electron chi connectivity index (χ1n) is 13.6. The quantitative estimate of drug-likeness (QED) is 0.322. The van der Waals surface area contributed by atoms with Crippen LogP contribution in [0.15, 0.2) is 78.1 Å². The fourth-order valence-electron chi connectivity index (χ4n) is 6.60. The molecule has 1 amide bonds. The Labute approximate surface area is 237 Å². The molecular weight excluding hydrogens is 538 g/mol. The number of fused-ring (bicyclic) bond motifs is 3. The van der Waals surface area contributed by atoms with Gasteiger partial charge in [0.05, 0.1) is 11.4 Å². The molecule has 3 N–H and O–H groups in total. The number of carbonyl (C=O) groups is 1. The van der Waals surface area contributed by atoms with E-state index in [0.29, 0.717) is 29.9 Å². The van der Waals surface area contributed by atoms with Gasteiger partial charge >= 0.3 is 0 Å². The SMILES string of the molecule is CS(=O)(=O)c1c(C2C[C@H]3CC[C@@H](C2)N3C(=O)c2ccn[nH]2)nc2c(-c3ccc(-c4ccccc4)nc3)ccn2c1N. The van der Waals surface area contributed by atoms with E-state index in [4.69, 9.17) is 10.7 Å². The van der Waals surface area contributed by atoms with E-state index in [0.717, 1.165) is 35.2 Å². The van der Waals surface area contributed by atoms with Crippen molar-refractivity contribution in [1.82, 2.24) is 29.5 Å². The second-order valence-corrected chi connectivity index (χ2v) is 12.9. The highest BCUT2D eigenvalue weighted by Crippen LogP contribution is 2.46. The minimum Gasteiger partial charge on any atom is -0.384 e. The third kappa shape index (κ3) is 4.28. The molecule has 41 heavy (non-hydrogen) atoms. The third-order valence-electron chi connectivity index (χ3n) is 8.41. The maximum atomic E-state index is 13.2. The van der Waals surface area contributed by atoms with Gasteiger partial charge in [0.1, 0.15) is 22.1 Å². The van der Waals surface area contributed by atoms with Gasteiger partial charge in [-0.05, 0) is 43.9 Å². The van der Waals surface area contributed by atoms with Crippen molar-refractivity contribution in [2.24, 2.45) is 0 Å². The van der Waals surface area contributed by atoms with Gasteiger partial charge < -0.3 is 10.6 Å². The lowest BCUT2D eigenvalue weighted by Gasteiger charge is -2.39. The summed E-state index contributed by atoms with van der Waals surface area (Å²) in [5.74, 6) is -0.0763. The molecule has 2 aliphatic heterocycles. The summed E-state index contributed by atoms with van der Waals surface area (Å²) in [6.45, 7) is 0. The topological polar surface area (TPSA) is 139 Å². The molecule has 5 aromatic rings.